The van der Waals surface area contributed by atoms with E-state index in [1.165, 1.54) is 54.8 Å². The zero-order chi connectivity index (χ0) is 25.4. The molecule has 3 aromatic heterocycles. The van der Waals surface area contributed by atoms with E-state index in [4.69, 9.17) is 9.97 Å². The highest BCUT2D eigenvalue weighted by molar-refractivity contribution is 6.12. The smallest absolute Gasteiger partial charge is 0.141 e. The maximum absolute atomic E-state index is 4.87. The molecule has 0 amide bonds. The zero-order valence-electron chi connectivity index (χ0n) is 21.3. The van der Waals surface area contributed by atoms with Crippen LogP contribution in [-0.4, -0.2) is 14.5 Å². The molecule has 38 heavy (non-hydrogen) atoms. The molecule has 0 atom stereocenters. The largest absolute Gasteiger partial charge is 0.293 e. The Labute approximate surface area is 221 Å². The van der Waals surface area contributed by atoms with E-state index in [1.54, 1.807) is 0 Å². The topological polar surface area (TPSA) is 30.7 Å². The maximum Gasteiger partial charge on any atom is 0.141 e. The second-order valence-corrected chi connectivity index (χ2v) is 10.7. The van der Waals surface area contributed by atoms with Crippen LogP contribution < -0.4 is 0 Å². The van der Waals surface area contributed by atoms with Gasteiger partial charge in [-0.25, -0.2) is 4.98 Å². The van der Waals surface area contributed by atoms with Crippen molar-refractivity contribution in [2.75, 3.05) is 0 Å². The number of aromatic nitrogens is 3. The van der Waals surface area contributed by atoms with Gasteiger partial charge < -0.3 is 0 Å². The third-order valence-electron chi connectivity index (χ3n) is 8.28. The third-order valence-corrected chi connectivity index (χ3v) is 8.28. The fourth-order valence-electron chi connectivity index (χ4n) is 6.38. The number of fused-ring (bicyclic) bond motifs is 6. The van der Waals surface area contributed by atoms with Crippen LogP contribution >= 0.6 is 0 Å². The Morgan fingerprint density at radius 2 is 1.37 bits per heavy atom. The monoisotopic (exact) mass is 487 g/mol. The van der Waals surface area contributed by atoms with Gasteiger partial charge in [0, 0.05) is 45.1 Å². The Kier molecular flexibility index (Phi) is 4.28. The van der Waals surface area contributed by atoms with Gasteiger partial charge in [-0.05, 0) is 52.4 Å². The third kappa shape index (κ3) is 2.84. The van der Waals surface area contributed by atoms with Gasteiger partial charge in [0.2, 0.25) is 0 Å². The summed E-state index contributed by atoms with van der Waals surface area (Å²) in [6.45, 7) is 4.61. The van der Waals surface area contributed by atoms with Crippen LogP contribution in [0, 0.1) is 0 Å². The summed E-state index contributed by atoms with van der Waals surface area (Å²) in [4.78, 5) is 9.63. The molecule has 180 valence electrons. The van der Waals surface area contributed by atoms with Gasteiger partial charge in [-0.15, -0.1) is 0 Å². The molecule has 1 aliphatic heterocycles. The second kappa shape index (κ2) is 7.62. The van der Waals surface area contributed by atoms with Crippen molar-refractivity contribution >= 4 is 32.6 Å². The first-order valence-electron chi connectivity index (χ1n) is 13.1. The maximum atomic E-state index is 4.87. The second-order valence-electron chi connectivity index (χ2n) is 10.7. The van der Waals surface area contributed by atoms with Crippen LogP contribution in [0.25, 0.3) is 60.8 Å². The number of benzene rings is 4. The molecule has 0 radical (unpaired) electrons. The van der Waals surface area contributed by atoms with Crippen LogP contribution in [0.1, 0.15) is 25.0 Å². The van der Waals surface area contributed by atoms with E-state index >= 15 is 0 Å². The van der Waals surface area contributed by atoms with Crippen molar-refractivity contribution in [3.8, 4) is 28.2 Å². The van der Waals surface area contributed by atoms with Crippen LogP contribution in [0.4, 0.5) is 0 Å². The normalized spacial score (nSPS) is 13.7. The first-order chi connectivity index (χ1) is 18.6. The van der Waals surface area contributed by atoms with Gasteiger partial charge in [-0.3, -0.25) is 9.55 Å². The minimum atomic E-state index is -0.115. The number of para-hydroxylation sites is 1. The molecule has 0 N–H and O–H groups in total. The summed E-state index contributed by atoms with van der Waals surface area (Å²) < 4.78 is 2.36. The Morgan fingerprint density at radius 1 is 0.579 bits per heavy atom. The van der Waals surface area contributed by atoms with E-state index in [0.717, 1.165) is 17.1 Å². The molecule has 4 aromatic carbocycles. The molecular formula is C35H25N3. The van der Waals surface area contributed by atoms with Gasteiger partial charge >= 0.3 is 0 Å². The van der Waals surface area contributed by atoms with Crippen molar-refractivity contribution in [2.45, 2.75) is 19.3 Å². The molecule has 0 spiro atoms. The summed E-state index contributed by atoms with van der Waals surface area (Å²) in [5, 5.41) is 4.90. The molecule has 0 saturated carbocycles. The lowest BCUT2D eigenvalue weighted by molar-refractivity contribution is 0.624. The molecule has 3 nitrogen and oxygen atoms in total. The van der Waals surface area contributed by atoms with Gasteiger partial charge in [0.1, 0.15) is 5.82 Å². The van der Waals surface area contributed by atoms with Crippen molar-refractivity contribution in [1.29, 1.82) is 0 Å². The quantitative estimate of drug-likeness (QED) is 0.244. The lowest BCUT2D eigenvalue weighted by atomic mass is 9.76. The molecule has 1 aliphatic rings. The molecule has 8 rings (SSSR count). The highest BCUT2D eigenvalue weighted by Crippen LogP contribution is 2.47. The summed E-state index contributed by atoms with van der Waals surface area (Å²) in [5.74, 6) is 1.04. The number of nitrogens with zero attached hydrogens (tertiary/aromatic N) is 3. The minimum absolute atomic E-state index is 0.115. The van der Waals surface area contributed by atoms with Crippen molar-refractivity contribution in [2.24, 2.45) is 0 Å². The average molecular weight is 488 g/mol. The molecule has 0 bridgehead atoms. The van der Waals surface area contributed by atoms with E-state index in [2.05, 4.69) is 115 Å². The Bertz CT molecular complexity index is 2060. The van der Waals surface area contributed by atoms with Crippen LogP contribution in [0.15, 0.2) is 116 Å². The predicted molar refractivity (Wildman–Crippen MR) is 157 cm³/mol. The summed E-state index contributed by atoms with van der Waals surface area (Å²) in [5.41, 5.74) is 9.48. The highest BCUT2D eigenvalue weighted by Gasteiger charge is 2.35. The number of hydrogen-bond donors (Lipinski definition) is 0. The summed E-state index contributed by atoms with van der Waals surface area (Å²) in [6, 6.07) is 37.1. The Balaban J connectivity index is 1.36. The standard InChI is InChI=1S/C35H25N3/c1-35(2)29-13-6-12-27-28-21-24(15-16-31(28)38(33(27)29)34-30(35)14-7-18-37-34)23-9-5-10-25(20-23)32-26-11-4-3-8-22(26)17-19-36-32/h3-21H,1-2H3. The van der Waals surface area contributed by atoms with Gasteiger partial charge in [0.15, 0.2) is 0 Å². The molecule has 7 aromatic rings. The zero-order valence-corrected chi connectivity index (χ0v) is 21.3. The molecular weight excluding hydrogens is 462 g/mol. The fourth-order valence-corrected chi connectivity index (χ4v) is 6.38. The molecule has 0 fully saturated rings. The van der Waals surface area contributed by atoms with E-state index in [-0.39, 0.29) is 5.41 Å². The van der Waals surface area contributed by atoms with Gasteiger partial charge in [0.05, 0.1) is 16.7 Å². The van der Waals surface area contributed by atoms with Crippen LogP contribution in [0.3, 0.4) is 0 Å². The summed E-state index contributed by atoms with van der Waals surface area (Å²) in [6.07, 6.45) is 3.80. The SMILES string of the molecule is CC1(C)c2cccnc2-n2c3ccc(-c4cccc(-c5nccc6ccccc56)c4)cc3c3cccc1c32. The van der Waals surface area contributed by atoms with Gasteiger partial charge in [-0.1, -0.05) is 86.6 Å². The number of hydrogen-bond acceptors (Lipinski definition) is 2. The van der Waals surface area contributed by atoms with E-state index < -0.39 is 0 Å². The lowest BCUT2D eigenvalue weighted by Crippen LogP contribution is -2.26. The molecule has 0 unspecified atom stereocenters. The first kappa shape index (κ1) is 21.3. The van der Waals surface area contributed by atoms with Gasteiger partial charge in [0.25, 0.3) is 0 Å². The highest BCUT2D eigenvalue weighted by atomic mass is 15.1. The van der Waals surface area contributed by atoms with Crippen molar-refractivity contribution in [3.63, 3.8) is 0 Å². The van der Waals surface area contributed by atoms with Crippen molar-refractivity contribution in [1.82, 2.24) is 14.5 Å². The van der Waals surface area contributed by atoms with E-state index in [1.807, 2.05) is 18.5 Å². The van der Waals surface area contributed by atoms with Crippen LogP contribution in [-0.2, 0) is 5.41 Å². The average Bonchev–Trinajstić information content (AvgIpc) is 3.30. The van der Waals surface area contributed by atoms with Crippen LogP contribution in [0.5, 0.6) is 0 Å². The molecule has 0 aliphatic carbocycles. The van der Waals surface area contributed by atoms with Crippen molar-refractivity contribution < 1.29 is 0 Å². The van der Waals surface area contributed by atoms with Crippen LogP contribution in [0.2, 0.25) is 0 Å². The minimum Gasteiger partial charge on any atom is -0.293 e. The Morgan fingerprint density at radius 3 is 2.32 bits per heavy atom. The number of rotatable bonds is 2. The molecule has 0 saturated heterocycles. The number of pyridine rings is 2. The van der Waals surface area contributed by atoms with E-state index in [9.17, 15) is 0 Å². The summed E-state index contributed by atoms with van der Waals surface area (Å²) >= 11 is 0. The molecule has 4 heterocycles. The van der Waals surface area contributed by atoms with Crippen molar-refractivity contribution in [3.05, 3.63) is 127 Å². The molecule has 3 heteroatoms. The Hall–Kier alpha value is -4.76. The predicted octanol–water partition coefficient (Wildman–Crippen LogP) is 8.70. The fraction of sp³-hybridized carbons (Fsp3) is 0.0857. The first-order valence-corrected chi connectivity index (χ1v) is 13.1. The lowest BCUT2D eigenvalue weighted by Gasteiger charge is -2.33. The summed E-state index contributed by atoms with van der Waals surface area (Å²) in [7, 11) is 0. The van der Waals surface area contributed by atoms with E-state index in [0.29, 0.717) is 0 Å². The van der Waals surface area contributed by atoms with Gasteiger partial charge in [-0.2, -0.15) is 0 Å².